The van der Waals surface area contributed by atoms with Gasteiger partial charge in [0.1, 0.15) is 0 Å². The predicted molar refractivity (Wildman–Crippen MR) is 66.9 cm³/mol. The summed E-state index contributed by atoms with van der Waals surface area (Å²) in [7, 11) is 1.75. The smallest absolute Gasteiger partial charge is 0.0932 e. The minimum Gasteiger partial charge on any atom is -0.385 e. The Morgan fingerprint density at radius 1 is 1.50 bits per heavy atom. The number of aryl methyl sites for hydroxylation is 2. The lowest BCUT2D eigenvalue weighted by Crippen LogP contribution is -2.14. The average Bonchev–Trinajstić information content (AvgIpc) is 3.02. The lowest BCUT2D eigenvalue weighted by atomic mass is 10.3. The third-order valence-electron chi connectivity index (χ3n) is 2.80. The van der Waals surface area contributed by atoms with Crippen LogP contribution in [0.1, 0.15) is 34.8 Å². The van der Waals surface area contributed by atoms with E-state index in [0.29, 0.717) is 0 Å². The SMILES string of the molecule is COCCCc1nc(C)c(CNC2CC2)s1. The van der Waals surface area contributed by atoms with E-state index in [1.54, 1.807) is 7.11 Å². The van der Waals surface area contributed by atoms with Crippen molar-refractivity contribution in [2.75, 3.05) is 13.7 Å². The summed E-state index contributed by atoms with van der Waals surface area (Å²) in [6.07, 6.45) is 4.80. The van der Waals surface area contributed by atoms with Crippen molar-refractivity contribution in [3.63, 3.8) is 0 Å². The van der Waals surface area contributed by atoms with Gasteiger partial charge in [-0.25, -0.2) is 4.98 Å². The molecule has 4 heteroatoms. The number of aromatic nitrogens is 1. The van der Waals surface area contributed by atoms with Gasteiger partial charge in [0.2, 0.25) is 0 Å². The van der Waals surface area contributed by atoms with Crippen LogP contribution in [0.2, 0.25) is 0 Å². The van der Waals surface area contributed by atoms with Gasteiger partial charge in [0, 0.05) is 37.6 Å². The molecule has 0 unspecified atom stereocenters. The number of nitrogens with one attached hydrogen (secondary N) is 1. The fraction of sp³-hybridized carbons (Fsp3) is 0.750. The van der Waals surface area contributed by atoms with Crippen LogP contribution in [-0.4, -0.2) is 24.7 Å². The van der Waals surface area contributed by atoms with E-state index in [1.165, 1.54) is 28.4 Å². The molecular weight excluding hydrogens is 220 g/mol. The van der Waals surface area contributed by atoms with E-state index in [2.05, 4.69) is 17.2 Å². The molecule has 2 rings (SSSR count). The number of ether oxygens (including phenoxy) is 1. The van der Waals surface area contributed by atoms with Gasteiger partial charge in [-0.1, -0.05) is 0 Å². The highest BCUT2D eigenvalue weighted by Crippen LogP contribution is 2.23. The molecule has 1 aromatic rings. The Labute approximate surface area is 101 Å². The maximum atomic E-state index is 5.05. The Hall–Kier alpha value is -0.450. The van der Waals surface area contributed by atoms with Crippen LogP contribution >= 0.6 is 11.3 Å². The predicted octanol–water partition coefficient (Wildman–Crippen LogP) is 2.28. The molecule has 16 heavy (non-hydrogen) atoms. The van der Waals surface area contributed by atoms with Crippen molar-refractivity contribution in [3.05, 3.63) is 15.6 Å². The number of thiazole rings is 1. The van der Waals surface area contributed by atoms with Gasteiger partial charge >= 0.3 is 0 Å². The number of hydrogen-bond donors (Lipinski definition) is 1. The summed E-state index contributed by atoms with van der Waals surface area (Å²) in [6.45, 7) is 3.94. The highest BCUT2D eigenvalue weighted by Gasteiger charge is 2.20. The first-order valence-corrected chi connectivity index (χ1v) is 6.78. The van der Waals surface area contributed by atoms with Crippen molar-refractivity contribution < 1.29 is 4.74 Å². The van der Waals surface area contributed by atoms with Gasteiger partial charge in [0.05, 0.1) is 10.7 Å². The molecule has 90 valence electrons. The molecule has 1 N–H and O–H groups in total. The maximum Gasteiger partial charge on any atom is 0.0932 e. The van der Waals surface area contributed by atoms with E-state index >= 15 is 0 Å². The quantitative estimate of drug-likeness (QED) is 0.742. The van der Waals surface area contributed by atoms with Gasteiger partial charge in [-0.05, 0) is 26.2 Å². The topological polar surface area (TPSA) is 34.1 Å². The first-order chi connectivity index (χ1) is 7.79. The summed E-state index contributed by atoms with van der Waals surface area (Å²) in [4.78, 5) is 6.01. The van der Waals surface area contributed by atoms with Crippen LogP contribution < -0.4 is 5.32 Å². The van der Waals surface area contributed by atoms with Crippen molar-refractivity contribution in [3.8, 4) is 0 Å². The summed E-state index contributed by atoms with van der Waals surface area (Å²) < 4.78 is 5.05. The third kappa shape index (κ3) is 3.54. The summed E-state index contributed by atoms with van der Waals surface area (Å²) in [5, 5.41) is 4.79. The van der Waals surface area contributed by atoms with Crippen LogP contribution in [0.25, 0.3) is 0 Å². The molecule has 0 saturated heterocycles. The minimum atomic E-state index is 0.776. The Bertz CT molecular complexity index is 334. The second kappa shape index (κ2) is 5.75. The maximum absolute atomic E-state index is 5.05. The Balaban J connectivity index is 1.81. The van der Waals surface area contributed by atoms with Gasteiger partial charge in [-0.15, -0.1) is 11.3 Å². The zero-order chi connectivity index (χ0) is 11.4. The van der Waals surface area contributed by atoms with Crippen molar-refractivity contribution in [1.29, 1.82) is 0 Å². The Kier molecular flexibility index (Phi) is 4.32. The van der Waals surface area contributed by atoms with Gasteiger partial charge in [0.15, 0.2) is 0 Å². The van der Waals surface area contributed by atoms with Crippen molar-refractivity contribution in [2.24, 2.45) is 0 Å². The number of hydrogen-bond acceptors (Lipinski definition) is 4. The van der Waals surface area contributed by atoms with Gasteiger partial charge < -0.3 is 10.1 Å². The molecule has 0 spiro atoms. The molecule has 0 radical (unpaired) electrons. The van der Waals surface area contributed by atoms with E-state index in [-0.39, 0.29) is 0 Å². The third-order valence-corrected chi connectivity index (χ3v) is 4.02. The zero-order valence-corrected chi connectivity index (χ0v) is 10.9. The first kappa shape index (κ1) is 12.0. The number of nitrogens with zero attached hydrogens (tertiary/aromatic N) is 1. The number of methoxy groups -OCH3 is 1. The van der Waals surface area contributed by atoms with Crippen molar-refractivity contribution >= 4 is 11.3 Å². The largest absolute Gasteiger partial charge is 0.385 e. The zero-order valence-electron chi connectivity index (χ0n) is 10.1. The second-order valence-corrected chi connectivity index (χ2v) is 5.54. The van der Waals surface area contributed by atoms with Crippen LogP contribution in [0, 0.1) is 6.92 Å². The molecule has 0 aromatic carbocycles. The summed E-state index contributed by atoms with van der Waals surface area (Å²) >= 11 is 1.85. The monoisotopic (exact) mass is 240 g/mol. The highest BCUT2D eigenvalue weighted by atomic mass is 32.1. The second-order valence-electron chi connectivity index (χ2n) is 4.37. The molecule has 1 aliphatic rings. The molecule has 0 atom stereocenters. The van der Waals surface area contributed by atoms with Crippen molar-refractivity contribution in [1.82, 2.24) is 10.3 Å². The lowest BCUT2D eigenvalue weighted by molar-refractivity contribution is 0.195. The lowest BCUT2D eigenvalue weighted by Gasteiger charge is -1.99. The van der Waals surface area contributed by atoms with Gasteiger partial charge in [-0.3, -0.25) is 0 Å². The average molecular weight is 240 g/mol. The molecule has 0 aliphatic heterocycles. The molecule has 1 heterocycles. The standard InChI is InChI=1S/C12H20N2OS/c1-9-11(8-13-10-5-6-10)16-12(14-9)4-3-7-15-2/h10,13H,3-8H2,1-2H3. The van der Waals surface area contributed by atoms with Crippen molar-refractivity contribution in [2.45, 2.75) is 45.2 Å². The molecule has 0 bridgehead atoms. The first-order valence-electron chi connectivity index (χ1n) is 5.97. The summed E-state index contributed by atoms with van der Waals surface area (Å²) in [6, 6.07) is 0.776. The fourth-order valence-electron chi connectivity index (χ4n) is 1.65. The molecule has 1 aliphatic carbocycles. The van der Waals surface area contributed by atoms with Crippen LogP contribution in [-0.2, 0) is 17.7 Å². The van der Waals surface area contributed by atoms with Crippen LogP contribution in [0.15, 0.2) is 0 Å². The van der Waals surface area contributed by atoms with E-state index in [1.807, 2.05) is 11.3 Å². The number of rotatable bonds is 7. The van der Waals surface area contributed by atoms with Crippen LogP contribution in [0.4, 0.5) is 0 Å². The van der Waals surface area contributed by atoms with Crippen LogP contribution in [0.5, 0.6) is 0 Å². The fourth-order valence-corrected chi connectivity index (χ4v) is 2.71. The molecule has 0 amide bonds. The van der Waals surface area contributed by atoms with E-state index in [4.69, 9.17) is 4.74 Å². The Morgan fingerprint density at radius 2 is 2.31 bits per heavy atom. The normalized spacial score (nSPS) is 15.6. The summed E-state index contributed by atoms with van der Waals surface area (Å²) in [5.74, 6) is 0. The van der Waals surface area contributed by atoms with E-state index in [9.17, 15) is 0 Å². The molecule has 1 aromatic heterocycles. The summed E-state index contributed by atoms with van der Waals surface area (Å²) in [5.41, 5.74) is 1.20. The van der Waals surface area contributed by atoms with E-state index < -0.39 is 0 Å². The van der Waals surface area contributed by atoms with Crippen LogP contribution in [0.3, 0.4) is 0 Å². The molecule has 3 nitrogen and oxygen atoms in total. The highest BCUT2D eigenvalue weighted by molar-refractivity contribution is 7.11. The van der Waals surface area contributed by atoms with Gasteiger partial charge in [-0.2, -0.15) is 0 Å². The van der Waals surface area contributed by atoms with Gasteiger partial charge in [0.25, 0.3) is 0 Å². The minimum absolute atomic E-state index is 0.776. The molecular formula is C12H20N2OS. The Morgan fingerprint density at radius 3 is 3.00 bits per heavy atom. The van der Waals surface area contributed by atoms with E-state index in [0.717, 1.165) is 32.0 Å². The molecule has 1 fully saturated rings. The molecule has 1 saturated carbocycles.